The van der Waals surface area contributed by atoms with Crippen LogP contribution in [0.15, 0.2) is 48.5 Å². The summed E-state index contributed by atoms with van der Waals surface area (Å²) in [5, 5.41) is 0. The highest BCUT2D eigenvalue weighted by molar-refractivity contribution is 5.70. The molecule has 0 N–H and O–H groups in total. The normalized spacial score (nSPS) is 11.7. The van der Waals surface area contributed by atoms with Crippen molar-refractivity contribution in [1.29, 1.82) is 0 Å². The Labute approximate surface area is 122 Å². The van der Waals surface area contributed by atoms with Crippen LogP contribution >= 0.6 is 0 Å². The molecule has 0 unspecified atom stereocenters. The average Bonchev–Trinajstić information content (AvgIpc) is 2.38. The molecule has 0 saturated carbocycles. The van der Waals surface area contributed by atoms with Gasteiger partial charge in [0.2, 0.25) is 0 Å². The van der Waals surface area contributed by atoms with Gasteiger partial charge in [0.1, 0.15) is 5.75 Å². The predicted octanol–water partition coefficient (Wildman–Crippen LogP) is 5.45. The first-order valence-electron chi connectivity index (χ1n) is 6.79. The van der Waals surface area contributed by atoms with Gasteiger partial charge in [-0.05, 0) is 29.5 Å². The molecule has 1 nitrogen and oxygen atoms in total. The van der Waals surface area contributed by atoms with Gasteiger partial charge in [-0.25, -0.2) is 0 Å². The molecule has 112 valence electrons. The Kier molecular flexibility index (Phi) is 4.56. The summed E-state index contributed by atoms with van der Waals surface area (Å²) < 4.78 is 41.3. The van der Waals surface area contributed by atoms with Crippen molar-refractivity contribution in [2.45, 2.75) is 26.6 Å². The van der Waals surface area contributed by atoms with Crippen molar-refractivity contribution in [2.24, 2.45) is 5.92 Å². The van der Waals surface area contributed by atoms with Crippen LogP contribution in [0.1, 0.15) is 19.4 Å². The average molecular weight is 294 g/mol. The summed E-state index contributed by atoms with van der Waals surface area (Å²) in [4.78, 5) is 0. The molecular weight excluding hydrogens is 277 g/mol. The molecule has 0 aromatic heterocycles. The molecule has 4 heteroatoms. The third-order valence-electron chi connectivity index (χ3n) is 3.02. The van der Waals surface area contributed by atoms with Gasteiger partial charge in [0.25, 0.3) is 0 Å². The number of hydrogen-bond acceptors (Lipinski definition) is 1. The summed E-state index contributed by atoms with van der Waals surface area (Å²) in [6, 6.07) is 13.7. The van der Waals surface area contributed by atoms with Crippen LogP contribution in [-0.2, 0) is 6.42 Å². The Morgan fingerprint density at radius 2 is 1.57 bits per heavy atom. The van der Waals surface area contributed by atoms with Gasteiger partial charge >= 0.3 is 6.36 Å². The highest BCUT2D eigenvalue weighted by Gasteiger charge is 2.32. The van der Waals surface area contributed by atoms with Crippen molar-refractivity contribution in [2.75, 3.05) is 0 Å². The standard InChI is InChI=1S/C17H17F3O/c1-12(2)11-13-7-9-14(10-8-13)15-5-3-4-6-16(15)21-17(18,19)20/h3-10,12H,11H2,1-2H3. The van der Waals surface area contributed by atoms with E-state index in [4.69, 9.17) is 0 Å². The zero-order valence-electron chi connectivity index (χ0n) is 11.9. The molecule has 0 fully saturated rings. The second kappa shape index (κ2) is 6.20. The van der Waals surface area contributed by atoms with E-state index in [0.29, 0.717) is 17.0 Å². The Morgan fingerprint density at radius 3 is 2.14 bits per heavy atom. The van der Waals surface area contributed by atoms with Crippen molar-refractivity contribution in [3.63, 3.8) is 0 Å². The number of ether oxygens (including phenoxy) is 1. The molecule has 0 aliphatic carbocycles. The number of halogens is 3. The molecule has 2 aromatic carbocycles. The Bertz CT molecular complexity index is 586. The van der Waals surface area contributed by atoms with Crippen molar-refractivity contribution < 1.29 is 17.9 Å². The fraction of sp³-hybridized carbons (Fsp3) is 0.294. The number of benzene rings is 2. The van der Waals surface area contributed by atoms with Crippen LogP contribution in [0, 0.1) is 5.92 Å². The third-order valence-corrected chi connectivity index (χ3v) is 3.02. The number of alkyl halides is 3. The molecular formula is C17H17F3O. The largest absolute Gasteiger partial charge is 0.573 e. The van der Waals surface area contributed by atoms with Gasteiger partial charge in [-0.3, -0.25) is 0 Å². The van der Waals surface area contributed by atoms with E-state index < -0.39 is 6.36 Å². The Balaban J connectivity index is 2.29. The molecule has 0 aliphatic rings. The van der Waals surface area contributed by atoms with Crippen molar-refractivity contribution in [3.05, 3.63) is 54.1 Å². The van der Waals surface area contributed by atoms with E-state index in [-0.39, 0.29) is 5.75 Å². The first kappa shape index (κ1) is 15.4. The summed E-state index contributed by atoms with van der Waals surface area (Å²) in [6.45, 7) is 4.25. The number of rotatable bonds is 4. The van der Waals surface area contributed by atoms with Gasteiger partial charge in [0, 0.05) is 5.56 Å². The highest BCUT2D eigenvalue weighted by atomic mass is 19.4. The molecule has 21 heavy (non-hydrogen) atoms. The Morgan fingerprint density at radius 1 is 0.952 bits per heavy atom. The minimum atomic E-state index is -4.69. The highest BCUT2D eigenvalue weighted by Crippen LogP contribution is 2.33. The van der Waals surface area contributed by atoms with Crippen LogP contribution in [0.3, 0.4) is 0 Å². The van der Waals surface area contributed by atoms with Gasteiger partial charge in [0.15, 0.2) is 0 Å². The molecule has 0 atom stereocenters. The second-order valence-electron chi connectivity index (χ2n) is 5.34. The van der Waals surface area contributed by atoms with E-state index in [9.17, 15) is 13.2 Å². The lowest BCUT2D eigenvalue weighted by Gasteiger charge is -2.13. The fourth-order valence-corrected chi connectivity index (χ4v) is 2.21. The maximum Gasteiger partial charge on any atom is 0.573 e. The topological polar surface area (TPSA) is 9.23 Å². The molecule has 0 radical (unpaired) electrons. The van der Waals surface area contributed by atoms with Crippen LogP contribution in [0.4, 0.5) is 13.2 Å². The van der Waals surface area contributed by atoms with Crippen molar-refractivity contribution >= 4 is 0 Å². The molecule has 0 bridgehead atoms. The van der Waals surface area contributed by atoms with Crippen LogP contribution in [0.5, 0.6) is 5.75 Å². The van der Waals surface area contributed by atoms with Gasteiger partial charge in [-0.15, -0.1) is 13.2 Å². The van der Waals surface area contributed by atoms with E-state index >= 15 is 0 Å². The molecule has 0 heterocycles. The maximum absolute atomic E-state index is 12.4. The third kappa shape index (κ3) is 4.52. The minimum absolute atomic E-state index is 0.179. The van der Waals surface area contributed by atoms with E-state index in [0.717, 1.165) is 6.42 Å². The lowest BCUT2D eigenvalue weighted by Crippen LogP contribution is -2.17. The molecule has 0 aliphatic heterocycles. The second-order valence-corrected chi connectivity index (χ2v) is 5.34. The monoisotopic (exact) mass is 294 g/mol. The SMILES string of the molecule is CC(C)Cc1ccc(-c2ccccc2OC(F)(F)F)cc1. The first-order chi connectivity index (χ1) is 9.85. The summed E-state index contributed by atoms with van der Waals surface area (Å²) in [6.07, 6.45) is -3.74. The molecule has 2 aromatic rings. The van der Waals surface area contributed by atoms with Crippen LogP contribution in [0.25, 0.3) is 11.1 Å². The molecule has 0 spiro atoms. The molecule has 0 amide bonds. The van der Waals surface area contributed by atoms with Crippen LogP contribution in [-0.4, -0.2) is 6.36 Å². The summed E-state index contributed by atoms with van der Waals surface area (Å²) in [5.41, 5.74) is 2.32. The number of para-hydroxylation sites is 1. The smallest absolute Gasteiger partial charge is 0.405 e. The van der Waals surface area contributed by atoms with Crippen LogP contribution in [0.2, 0.25) is 0 Å². The van der Waals surface area contributed by atoms with E-state index in [1.807, 2.05) is 24.3 Å². The maximum atomic E-state index is 12.4. The summed E-state index contributed by atoms with van der Waals surface area (Å²) >= 11 is 0. The zero-order valence-corrected chi connectivity index (χ0v) is 11.9. The predicted molar refractivity (Wildman–Crippen MR) is 77.1 cm³/mol. The van der Waals surface area contributed by atoms with Gasteiger partial charge in [-0.2, -0.15) is 0 Å². The van der Waals surface area contributed by atoms with Gasteiger partial charge in [0.05, 0.1) is 0 Å². The minimum Gasteiger partial charge on any atom is -0.405 e. The molecule has 0 saturated heterocycles. The summed E-state index contributed by atoms with van der Waals surface area (Å²) in [5.74, 6) is 0.360. The van der Waals surface area contributed by atoms with E-state index in [2.05, 4.69) is 18.6 Å². The van der Waals surface area contributed by atoms with E-state index in [1.165, 1.54) is 17.7 Å². The zero-order chi connectivity index (χ0) is 15.5. The van der Waals surface area contributed by atoms with Crippen molar-refractivity contribution in [3.8, 4) is 16.9 Å². The Hall–Kier alpha value is -1.97. The fourth-order valence-electron chi connectivity index (χ4n) is 2.21. The van der Waals surface area contributed by atoms with Crippen molar-refractivity contribution in [1.82, 2.24) is 0 Å². The van der Waals surface area contributed by atoms with Crippen LogP contribution < -0.4 is 4.74 Å². The summed E-state index contributed by atoms with van der Waals surface area (Å²) in [7, 11) is 0. The first-order valence-corrected chi connectivity index (χ1v) is 6.79. The van der Waals surface area contributed by atoms with E-state index in [1.54, 1.807) is 12.1 Å². The lowest BCUT2D eigenvalue weighted by molar-refractivity contribution is -0.274. The lowest BCUT2D eigenvalue weighted by atomic mass is 9.99. The quantitative estimate of drug-likeness (QED) is 0.728. The molecule has 2 rings (SSSR count). The number of hydrogen-bond donors (Lipinski definition) is 0. The van der Waals surface area contributed by atoms with Gasteiger partial charge in [-0.1, -0.05) is 56.3 Å². The van der Waals surface area contributed by atoms with Gasteiger partial charge < -0.3 is 4.74 Å².